The van der Waals surface area contributed by atoms with Gasteiger partial charge >= 0.3 is 0 Å². The van der Waals surface area contributed by atoms with Crippen LogP contribution in [0, 0.1) is 11.7 Å². The Balaban J connectivity index is 2.15. The smallest absolute Gasteiger partial charge is 0.125 e. The summed E-state index contributed by atoms with van der Waals surface area (Å²) in [6, 6.07) is 5.33. The van der Waals surface area contributed by atoms with Gasteiger partial charge in [-0.25, -0.2) is 4.39 Å². The third-order valence-electron chi connectivity index (χ3n) is 3.25. The molecule has 0 aliphatic heterocycles. The molecular formula is C14H21FN2. The lowest BCUT2D eigenvalue weighted by Crippen LogP contribution is -2.25. The first-order chi connectivity index (χ1) is 8.22. The Labute approximate surface area is 103 Å². The zero-order chi connectivity index (χ0) is 12.3. The second kappa shape index (κ2) is 5.50. The van der Waals surface area contributed by atoms with Crippen molar-refractivity contribution in [1.82, 2.24) is 5.32 Å². The van der Waals surface area contributed by atoms with E-state index in [-0.39, 0.29) is 5.82 Å². The lowest BCUT2D eigenvalue weighted by atomic mass is 10.1. The van der Waals surface area contributed by atoms with Crippen LogP contribution in [0.4, 0.5) is 10.1 Å². The summed E-state index contributed by atoms with van der Waals surface area (Å²) < 4.78 is 13.5. The molecule has 0 bridgehead atoms. The highest BCUT2D eigenvalue weighted by Crippen LogP contribution is 2.31. The third kappa shape index (κ3) is 3.43. The number of nitrogens with zero attached hydrogens (tertiary/aromatic N) is 1. The van der Waals surface area contributed by atoms with Gasteiger partial charge < -0.3 is 10.2 Å². The average Bonchev–Trinajstić information content (AvgIpc) is 3.09. The van der Waals surface area contributed by atoms with Gasteiger partial charge in [0.05, 0.1) is 0 Å². The molecule has 0 aromatic heterocycles. The van der Waals surface area contributed by atoms with Crippen molar-refractivity contribution < 1.29 is 4.39 Å². The molecule has 1 saturated carbocycles. The molecule has 1 fully saturated rings. The topological polar surface area (TPSA) is 15.3 Å². The molecule has 1 N–H and O–H groups in total. The molecule has 0 atom stereocenters. The van der Waals surface area contributed by atoms with Crippen molar-refractivity contribution in [2.75, 3.05) is 25.0 Å². The highest BCUT2D eigenvalue weighted by Gasteiger charge is 2.24. The van der Waals surface area contributed by atoms with E-state index in [9.17, 15) is 4.39 Å². The van der Waals surface area contributed by atoms with E-state index in [1.807, 2.05) is 7.05 Å². The van der Waals surface area contributed by atoms with Crippen LogP contribution in [0.2, 0.25) is 0 Å². The molecule has 0 amide bonds. The van der Waals surface area contributed by atoms with E-state index in [4.69, 9.17) is 0 Å². The fraction of sp³-hybridized carbons (Fsp3) is 0.571. The van der Waals surface area contributed by atoms with Gasteiger partial charge in [0.15, 0.2) is 0 Å². The van der Waals surface area contributed by atoms with Gasteiger partial charge in [0.2, 0.25) is 0 Å². The zero-order valence-corrected chi connectivity index (χ0v) is 10.7. The summed E-state index contributed by atoms with van der Waals surface area (Å²) in [5.74, 6) is 0.688. The highest BCUT2D eigenvalue weighted by molar-refractivity contribution is 5.49. The molecule has 1 aliphatic rings. The molecule has 2 rings (SSSR count). The van der Waals surface area contributed by atoms with Crippen LogP contribution < -0.4 is 10.2 Å². The van der Waals surface area contributed by atoms with Crippen molar-refractivity contribution in [3.8, 4) is 0 Å². The molecule has 94 valence electrons. The van der Waals surface area contributed by atoms with Crippen LogP contribution in [0.1, 0.15) is 25.3 Å². The van der Waals surface area contributed by atoms with E-state index in [0.29, 0.717) is 6.54 Å². The number of rotatable bonds is 6. The number of halogens is 1. The minimum Gasteiger partial charge on any atom is -0.371 e. The van der Waals surface area contributed by atoms with Crippen molar-refractivity contribution in [2.45, 2.75) is 26.3 Å². The monoisotopic (exact) mass is 236 g/mol. The molecular weight excluding hydrogens is 215 g/mol. The second-order valence-electron chi connectivity index (χ2n) is 4.83. The summed E-state index contributed by atoms with van der Waals surface area (Å²) in [7, 11) is 1.88. The summed E-state index contributed by atoms with van der Waals surface area (Å²) in [4.78, 5) is 2.28. The van der Waals surface area contributed by atoms with Crippen LogP contribution >= 0.6 is 0 Å². The molecule has 1 aromatic carbocycles. The maximum absolute atomic E-state index is 13.5. The summed E-state index contributed by atoms with van der Waals surface area (Å²) in [6.07, 6.45) is 2.66. The van der Waals surface area contributed by atoms with Crippen LogP contribution in [0.5, 0.6) is 0 Å². The largest absolute Gasteiger partial charge is 0.371 e. The maximum Gasteiger partial charge on any atom is 0.125 e. The summed E-state index contributed by atoms with van der Waals surface area (Å²) in [5.41, 5.74) is 2.03. The van der Waals surface area contributed by atoms with Gasteiger partial charge in [0.25, 0.3) is 0 Å². The van der Waals surface area contributed by atoms with E-state index in [1.165, 1.54) is 12.8 Å². The van der Waals surface area contributed by atoms with Crippen molar-refractivity contribution in [3.05, 3.63) is 29.6 Å². The van der Waals surface area contributed by atoms with Crippen LogP contribution in [0.15, 0.2) is 18.2 Å². The SMILES string of the molecule is CCN(CC1CC1)c1cc(F)cc(CNC)c1. The third-order valence-corrected chi connectivity index (χ3v) is 3.25. The van der Waals surface area contributed by atoms with Gasteiger partial charge in [-0.15, -0.1) is 0 Å². The number of hydrogen-bond donors (Lipinski definition) is 1. The van der Waals surface area contributed by atoms with E-state index in [2.05, 4.69) is 23.2 Å². The van der Waals surface area contributed by atoms with Crippen molar-refractivity contribution in [1.29, 1.82) is 0 Å². The molecule has 2 nitrogen and oxygen atoms in total. The first kappa shape index (κ1) is 12.4. The standard InChI is InChI=1S/C14H21FN2/c1-3-17(10-11-4-5-11)14-7-12(9-16-2)6-13(15)8-14/h6-8,11,16H,3-5,9-10H2,1-2H3. The Kier molecular flexibility index (Phi) is 4.00. The van der Waals surface area contributed by atoms with Gasteiger partial charge in [0.1, 0.15) is 5.82 Å². The van der Waals surface area contributed by atoms with Gasteiger partial charge in [-0.05, 0) is 56.5 Å². The van der Waals surface area contributed by atoms with Crippen LogP contribution in [0.25, 0.3) is 0 Å². The summed E-state index contributed by atoms with van der Waals surface area (Å²) >= 11 is 0. The quantitative estimate of drug-likeness (QED) is 0.817. The molecule has 3 heteroatoms. The minimum absolute atomic E-state index is 0.137. The Bertz CT molecular complexity index is 374. The van der Waals surface area contributed by atoms with Crippen LogP contribution in [-0.2, 0) is 6.54 Å². The Morgan fingerprint density at radius 3 is 2.71 bits per heavy atom. The van der Waals surface area contributed by atoms with Crippen LogP contribution in [0.3, 0.4) is 0 Å². The van der Waals surface area contributed by atoms with Gasteiger partial charge in [0, 0.05) is 25.3 Å². The second-order valence-corrected chi connectivity index (χ2v) is 4.83. The van der Waals surface area contributed by atoms with E-state index in [0.717, 1.165) is 30.3 Å². The van der Waals surface area contributed by atoms with E-state index in [1.54, 1.807) is 12.1 Å². The number of anilines is 1. The van der Waals surface area contributed by atoms with Gasteiger partial charge in [-0.2, -0.15) is 0 Å². The lowest BCUT2D eigenvalue weighted by Gasteiger charge is -2.23. The van der Waals surface area contributed by atoms with Crippen molar-refractivity contribution in [2.24, 2.45) is 5.92 Å². The maximum atomic E-state index is 13.5. The Hall–Kier alpha value is -1.09. The molecule has 0 saturated heterocycles. The van der Waals surface area contributed by atoms with E-state index >= 15 is 0 Å². The molecule has 0 radical (unpaired) electrons. The van der Waals surface area contributed by atoms with Gasteiger partial charge in [-0.3, -0.25) is 0 Å². The number of benzene rings is 1. The van der Waals surface area contributed by atoms with Crippen molar-refractivity contribution in [3.63, 3.8) is 0 Å². The summed E-state index contributed by atoms with van der Waals surface area (Å²) in [6.45, 7) is 4.86. The van der Waals surface area contributed by atoms with Crippen LogP contribution in [-0.4, -0.2) is 20.1 Å². The first-order valence-corrected chi connectivity index (χ1v) is 6.42. The number of hydrogen-bond acceptors (Lipinski definition) is 2. The lowest BCUT2D eigenvalue weighted by molar-refractivity contribution is 0.621. The molecule has 0 heterocycles. The predicted molar refractivity (Wildman–Crippen MR) is 69.8 cm³/mol. The molecule has 0 unspecified atom stereocenters. The fourth-order valence-corrected chi connectivity index (χ4v) is 2.15. The highest BCUT2D eigenvalue weighted by atomic mass is 19.1. The Morgan fingerprint density at radius 1 is 1.35 bits per heavy atom. The summed E-state index contributed by atoms with van der Waals surface area (Å²) in [5, 5.41) is 3.06. The fourth-order valence-electron chi connectivity index (χ4n) is 2.15. The molecule has 0 spiro atoms. The van der Waals surface area contributed by atoms with Crippen molar-refractivity contribution >= 4 is 5.69 Å². The van der Waals surface area contributed by atoms with E-state index < -0.39 is 0 Å². The molecule has 1 aliphatic carbocycles. The minimum atomic E-state index is -0.137. The molecule has 17 heavy (non-hydrogen) atoms. The molecule has 1 aromatic rings. The predicted octanol–water partition coefficient (Wildman–Crippen LogP) is 2.78. The normalized spacial score (nSPS) is 15.0. The number of nitrogens with one attached hydrogen (secondary N) is 1. The zero-order valence-electron chi connectivity index (χ0n) is 10.7. The van der Waals surface area contributed by atoms with Gasteiger partial charge in [-0.1, -0.05) is 0 Å². The average molecular weight is 236 g/mol. The Morgan fingerprint density at radius 2 is 2.12 bits per heavy atom. The first-order valence-electron chi connectivity index (χ1n) is 6.42.